The second-order valence-corrected chi connectivity index (χ2v) is 6.44. The molecule has 1 saturated heterocycles. The first-order valence-corrected chi connectivity index (χ1v) is 7.94. The predicted octanol–water partition coefficient (Wildman–Crippen LogP) is 2.95. The molecule has 4 heteroatoms. The second-order valence-electron chi connectivity index (χ2n) is 5.31. The molecule has 2 aliphatic heterocycles. The molecule has 3 rings (SSSR count). The fraction of sp³-hybridized carbons (Fsp3) is 0.533. The molecule has 1 aromatic rings. The van der Waals surface area contributed by atoms with Crippen molar-refractivity contribution in [3.63, 3.8) is 0 Å². The Labute approximate surface area is 118 Å². The van der Waals surface area contributed by atoms with Crippen molar-refractivity contribution in [1.82, 2.24) is 4.90 Å². The average Bonchev–Trinajstić information content (AvgIpc) is 2.47. The van der Waals surface area contributed by atoms with Crippen LogP contribution in [0.15, 0.2) is 29.2 Å². The first kappa shape index (κ1) is 13.0. The van der Waals surface area contributed by atoms with Crippen molar-refractivity contribution < 1.29 is 9.90 Å². The standard InChI is InChI=1S/C15H19NO2S/c17-14(18)15(16-9-4-1-5-10-16)8-11-19-13-7-3-2-6-12(13)15/h2-3,6-7H,1,4-5,8-11H2,(H,17,18). The first-order valence-electron chi connectivity index (χ1n) is 6.96. The van der Waals surface area contributed by atoms with Crippen LogP contribution >= 0.6 is 11.8 Å². The Balaban J connectivity index is 2.08. The number of hydrogen-bond acceptors (Lipinski definition) is 3. The number of carboxylic acid groups (broad SMARTS) is 1. The van der Waals surface area contributed by atoms with Gasteiger partial charge in [-0.05, 0) is 44.0 Å². The lowest BCUT2D eigenvalue weighted by Crippen LogP contribution is -2.55. The summed E-state index contributed by atoms with van der Waals surface area (Å²) >= 11 is 1.78. The van der Waals surface area contributed by atoms with Crippen molar-refractivity contribution in [1.29, 1.82) is 0 Å². The van der Waals surface area contributed by atoms with E-state index in [4.69, 9.17) is 0 Å². The smallest absolute Gasteiger partial charge is 0.328 e. The summed E-state index contributed by atoms with van der Waals surface area (Å²) in [5.74, 6) is 0.210. The molecule has 1 unspecified atom stereocenters. The Morgan fingerprint density at radius 3 is 2.68 bits per heavy atom. The Kier molecular flexibility index (Phi) is 3.54. The molecule has 0 amide bonds. The maximum atomic E-state index is 12.1. The fourth-order valence-electron chi connectivity index (χ4n) is 3.34. The number of hydrogen-bond donors (Lipinski definition) is 1. The number of carboxylic acids is 1. The van der Waals surface area contributed by atoms with Crippen LogP contribution in [-0.2, 0) is 10.3 Å². The third-order valence-electron chi connectivity index (χ3n) is 4.30. The molecular formula is C15H19NO2S. The number of thioether (sulfide) groups is 1. The number of likely N-dealkylation sites (tertiary alicyclic amines) is 1. The summed E-state index contributed by atoms with van der Waals surface area (Å²) in [6, 6.07) is 8.03. The van der Waals surface area contributed by atoms with Crippen molar-refractivity contribution in [2.45, 2.75) is 36.1 Å². The minimum atomic E-state index is -0.789. The highest BCUT2D eigenvalue weighted by molar-refractivity contribution is 7.99. The van der Waals surface area contributed by atoms with Gasteiger partial charge >= 0.3 is 5.97 Å². The van der Waals surface area contributed by atoms with Crippen LogP contribution in [0.5, 0.6) is 0 Å². The van der Waals surface area contributed by atoms with E-state index < -0.39 is 11.5 Å². The van der Waals surface area contributed by atoms with Crippen LogP contribution in [-0.4, -0.2) is 34.8 Å². The van der Waals surface area contributed by atoms with Gasteiger partial charge in [0.05, 0.1) is 0 Å². The molecule has 19 heavy (non-hydrogen) atoms. The molecule has 2 heterocycles. The van der Waals surface area contributed by atoms with Crippen molar-refractivity contribution in [2.24, 2.45) is 0 Å². The van der Waals surface area contributed by atoms with Crippen LogP contribution in [0.4, 0.5) is 0 Å². The van der Waals surface area contributed by atoms with Crippen LogP contribution < -0.4 is 0 Å². The van der Waals surface area contributed by atoms with E-state index >= 15 is 0 Å². The summed E-state index contributed by atoms with van der Waals surface area (Å²) in [5, 5.41) is 9.94. The van der Waals surface area contributed by atoms with Crippen LogP contribution in [0, 0.1) is 0 Å². The maximum Gasteiger partial charge on any atom is 0.328 e. The zero-order chi connectivity index (χ0) is 13.3. The van der Waals surface area contributed by atoms with E-state index in [9.17, 15) is 9.90 Å². The van der Waals surface area contributed by atoms with Gasteiger partial charge in [0, 0.05) is 10.6 Å². The van der Waals surface area contributed by atoms with Gasteiger partial charge < -0.3 is 5.11 Å². The molecule has 1 aromatic carbocycles. The molecule has 2 aliphatic rings. The molecule has 0 aromatic heterocycles. The highest BCUT2D eigenvalue weighted by Crippen LogP contribution is 2.45. The number of rotatable bonds is 2. The average molecular weight is 277 g/mol. The zero-order valence-corrected chi connectivity index (χ0v) is 11.8. The number of benzene rings is 1. The topological polar surface area (TPSA) is 40.5 Å². The molecule has 0 bridgehead atoms. The molecule has 3 nitrogen and oxygen atoms in total. The van der Waals surface area contributed by atoms with Gasteiger partial charge in [0.15, 0.2) is 0 Å². The van der Waals surface area contributed by atoms with Gasteiger partial charge in [-0.25, -0.2) is 4.79 Å². The quantitative estimate of drug-likeness (QED) is 0.902. The SMILES string of the molecule is O=C(O)C1(N2CCCCC2)CCSc2ccccc21. The predicted molar refractivity (Wildman–Crippen MR) is 76.5 cm³/mol. The summed E-state index contributed by atoms with van der Waals surface area (Å²) < 4.78 is 0. The van der Waals surface area contributed by atoms with E-state index in [1.54, 1.807) is 11.8 Å². The number of piperidine rings is 1. The van der Waals surface area contributed by atoms with Gasteiger partial charge in [0.1, 0.15) is 5.54 Å². The Morgan fingerprint density at radius 2 is 1.95 bits per heavy atom. The minimum Gasteiger partial charge on any atom is -0.480 e. The van der Waals surface area contributed by atoms with Gasteiger partial charge in [0.25, 0.3) is 0 Å². The van der Waals surface area contributed by atoms with Crippen molar-refractivity contribution >= 4 is 17.7 Å². The van der Waals surface area contributed by atoms with Crippen LogP contribution in [0.1, 0.15) is 31.2 Å². The van der Waals surface area contributed by atoms with Crippen molar-refractivity contribution in [3.05, 3.63) is 29.8 Å². The van der Waals surface area contributed by atoms with Crippen LogP contribution in [0.3, 0.4) is 0 Å². The highest BCUT2D eigenvalue weighted by atomic mass is 32.2. The van der Waals surface area contributed by atoms with E-state index in [1.165, 1.54) is 6.42 Å². The van der Waals surface area contributed by atoms with E-state index in [2.05, 4.69) is 11.0 Å². The lowest BCUT2D eigenvalue weighted by Gasteiger charge is -2.45. The Morgan fingerprint density at radius 1 is 1.21 bits per heavy atom. The van der Waals surface area contributed by atoms with E-state index in [-0.39, 0.29) is 0 Å². The van der Waals surface area contributed by atoms with E-state index in [1.807, 2.05) is 18.2 Å². The van der Waals surface area contributed by atoms with E-state index in [0.29, 0.717) is 6.42 Å². The molecule has 1 atom stereocenters. The summed E-state index contributed by atoms with van der Waals surface area (Å²) in [5.41, 5.74) is 0.211. The fourth-order valence-corrected chi connectivity index (χ4v) is 4.52. The Hall–Kier alpha value is -1.00. The molecule has 1 fully saturated rings. The summed E-state index contributed by atoms with van der Waals surface area (Å²) in [4.78, 5) is 15.4. The van der Waals surface area contributed by atoms with Gasteiger partial charge in [0.2, 0.25) is 0 Å². The summed E-state index contributed by atoms with van der Waals surface area (Å²) in [7, 11) is 0. The van der Waals surface area contributed by atoms with Crippen LogP contribution in [0.2, 0.25) is 0 Å². The monoisotopic (exact) mass is 277 g/mol. The number of aliphatic carboxylic acids is 1. The molecule has 102 valence electrons. The molecule has 0 spiro atoms. The zero-order valence-electron chi connectivity index (χ0n) is 11.0. The third kappa shape index (κ3) is 2.07. The maximum absolute atomic E-state index is 12.1. The minimum absolute atomic E-state index is 0.679. The summed E-state index contributed by atoms with van der Waals surface area (Å²) in [6.07, 6.45) is 4.17. The number of nitrogens with zero attached hydrogens (tertiary/aromatic N) is 1. The molecule has 1 N–H and O–H groups in total. The Bertz CT molecular complexity index is 485. The van der Waals surface area contributed by atoms with Gasteiger partial charge in [-0.2, -0.15) is 0 Å². The lowest BCUT2D eigenvalue weighted by molar-refractivity contribution is -0.154. The molecular weight excluding hydrogens is 258 g/mol. The van der Waals surface area contributed by atoms with Gasteiger partial charge in [-0.3, -0.25) is 4.90 Å². The highest BCUT2D eigenvalue weighted by Gasteiger charge is 2.48. The molecule has 0 radical (unpaired) electrons. The first-order chi connectivity index (χ1) is 9.25. The normalized spacial score (nSPS) is 27.8. The second kappa shape index (κ2) is 5.17. The summed E-state index contributed by atoms with van der Waals surface area (Å²) in [6.45, 7) is 1.82. The lowest BCUT2D eigenvalue weighted by atomic mass is 9.83. The molecule has 0 aliphatic carbocycles. The number of fused-ring (bicyclic) bond motifs is 1. The van der Waals surface area contributed by atoms with Crippen LogP contribution in [0.25, 0.3) is 0 Å². The van der Waals surface area contributed by atoms with Crippen molar-refractivity contribution in [2.75, 3.05) is 18.8 Å². The molecule has 0 saturated carbocycles. The number of carbonyl (C=O) groups is 1. The third-order valence-corrected chi connectivity index (χ3v) is 5.38. The van der Waals surface area contributed by atoms with E-state index in [0.717, 1.165) is 42.1 Å². The van der Waals surface area contributed by atoms with Gasteiger partial charge in [-0.1, -0.05) is 24.6 Å². The largest absolute Gasteiger partial charge is 0.480 e. The van der Waals surface area contributed by atoms with Crippen molar-refractivity contribution in [3.8, 4) is 0 Å². The van der Waals surface area contributed by atoms with Gasteiger partial charge in [-0.15, -0.1) is 11.8 Å².